The Morgan fingerprint density at radius 3 is 3.06 bits per heavy atom. The topological polar surface area (TPSA) is 42.7 Å². The van der Waals surface area contributed by atoms with Crippen LogP contribution in [0.2, 0.25) is 0 Å². The summed E-state index contributed by atoms with van der Waals surface area (Å²) in [6, 6.07) is 2.54. The third-order valence-corrected chi connectivity index (χ3v) is 3.08. The van der Waals surface area contributed by atoms with Gasteiger partial charge in [-0.3, -0.25) is 4.68 Å². The lowest BCUT2D eigenvalue weighted by molar-refractivity contribution is 0.718. The van der Waals surface area contributed by atoms with Crippen molar-refractivity contribution in [3.05, 3.63) is 30.6 Å². The number of pyridine rings is 1. The van der Waals surface area contributed by atoms with Gasteiger partial charge < -0.3 is 5.32 Å². The molecule has 96 valence electrons. The average Bonchev–Trinajstić information content (AvgIpc) is 2.62. The van der Waals surface area contributed by atoms with Gasteiger partial charge in [-0.25, -0.2) is 4.98 Å². The zero-order chi connectivity index (χ0) is 13.1. The number of aromatic nitrogens is 3. The Kier molecular flexibility index (Phi) is 3.65. The molecule has 0 amide bonds. The van der Waals surface area contributed by atoms with Gasteiger partial charge in [0.25, 0.3) is 0 Å². The summed E-state index contributed by atoms with van der Waals surface area (Å²) in [6.45, 7) is 7.92. The quantitative estimate of drug-likeness (QED) is 0.822. The number of hydrogen-bond acceptors (Lipinski definition) is 3. The number of rotatable bonds is 5. The van der Waals surface area contributed by atoms with Crippen LogP contribution in [0.4, 0.5) is 5.69 Å². The fraction of sp³-hybridized carbons (Fsp3) is 0.429. The van der Waals surface area contributed by atoms with E-state index >= 15 is 0 Å². The molecule has 0 aromatic carbocycles. The Balaban J connectivity index is 2.19. The van der Waals surface area contributed by atoms with Crippen LogP contribution in [0.25, 0.3) is 11.0 Å². The fourth-order valence-electron chi connectivity index (χ4n) is 2.11. The van der Waals surface area contributed by atoms with Crippen molar-refractivity contribution >= 4 is 16.7 Å². The van der Waals surface area contributed by atoms with Crippen molar-refractivity contribution in [1.29, 1.82) is 0 Å². The van der Waals surface area contributed by atoms with E-state index in [4.69, 9.17) is 0 Å². The Morgan fingerprint density at radius 2 is 2.33 bits per heavy atom. The minimum absolute atomic E-state index is 0.416. The van der Waals surface area contributed by atoms with Gasteiger partial charge in [-0.15, -0.1) is 6.58 Å². The summed E-state index contributed by atoms with van der Waals surface area (Å²) in [5, 5.41) is 8.94. The summed E-state index contributed by atoms with van der Waals surface area (Å²) in [6.07, 6.45) is 5.92. The molecule has 1 atom stereocenters. The fourth-order valence-corrected chi connectivity index (χ4v) is 2.11. The van der Waals surface area contributed by atoms with Crippen molar-refractivity contribution < 1.29 is 0 Å². The van der Waals surface area contributed by atoms with Gasteiger partial charge >= 0.3 is 0 Å². The maximum absolute atomic E-state index is 4.45. The van der Waals surface area contributed by atoms with Gasteiger partial charge in [-0.1, -0.05) is 6.08 Å². The van der Waals surface area contributed by atoms with Gasteiger partial charge in [0.1, 0.15) is 0 Å². The summed E-state index contributed by atoms with van der Waals surface area (Å²) in [5.41, 5.74) is 2.99. The SMILES string of the molecule is C=CCCC(C)Nc1cnc2c(c1)c(C)nn2C. The maximum atomic E-state index is 4.45. The predicted octanol–water partition coefficient (Wildman–Crippen LogP) is 3.04. The normalized spacial score (nSPS) is 12.6. The largest absolute Gasteiger partial charge is 0.381 e. The number of hydrogen-bond donors (Lipinski definition) is 1. The molecule has 0 saturated heterocycles. The molecule has 2 aromatic rings. The van der Waals surface area contributed by atoms with E-state index in [1.54, 1.807) is 0 Å². The van der Waals surface area contributed by atoms with Crippen LogP contribution in [-0.2, 0) is 7.05 Å². The highest BCUT2D eigenvalue weighted by Gasteiger charge is 2.08. The first kappa shape index (κ1) is 12.6. The molecule has 1 N–H and O–H groups in total. The Morgan fingerprint density at radius 1 is 1.56 bits per heavy atom. The molecule has 0 bridgehead atoms. The zero-order valence-electron chi connectivity index (χ0n) is 11.3. The van der Waals surface area contributed by atoms with Crippen LogP contribution >= 0.6 is 0 Å². The molecule has 0 spiro atoms. The molecule has 0 aliphatic carbocycles. The first-order valence-electron chi connectivity index (χ1n) is 6.28. The smallest absolute Gasteiger partial charge is 0.157 e. The molecule has 0 saturated carbocycles. The molecular weight excluding hydrogens is 224 g/mol. The van der Waals surface area contributed by atoms with Crippen molar-refractivity contribution in [2.24, 2.45) is 7.05 Å². The lowest BCUT2D eigenvalue weighted by atomic mass is 10.1. The van der Waals surface area contributed by atoms with E-state index in [0.717, 1.165) is 35.3 Å². The van der Waals surface area contributed by atoms with Crippen LogP contribution in [0.5, 0.6) is 0 Å². The van der Waals surface area contributed by atoms with Crippen molar-refractivity contribution in [1.82, 2.24) is 14.8 Å². The van der Waals surface area contributed by atoms with Crippen LogP contribution in [0.3, 0.4) is 0 Å². The standard InChI is InChI=1S/C14H20N4/c1-5-6-7-10(2)16-12-8-13-11(3)17-18(4)14(13)15-9-12/h5,8-10,16H,1,6-7H2,2-4H3. The van der Waals surface area contributed by atoms with E-state index in [-0.39, 0.29) is 0 Å². The number of nitrogens with one attached hydrogen (secondary N) is 1. The molecule has 0 aliphatic heterocycles. The Labute approximate surface area is 108 Å². The monoisotopic (exact) mass is 244 g/mol. The molecule has 4 heteroatoms. The number of nitrogens with zero attached hydrogens (tertiary/aromatic N) is 3. The van der Waals surface area contributed by atoms with Gasteiger partial charge in [-0.2, -0.15) is 5.10 Å². The second kappa shape index (κ2) is 5.21. The number of aryl methyl sites for hydroxylation is 2. The molecule has 0 fully saturated rings. The highest BCUT2D eigenvalue weighted by atomic mass is 15.3. The van der Waals surface area contributed by atoms with Crippen molar-refractivity contribution in [2.75, 3.05) is 5.32 Å². The number of anilines is 1. The molecule has 2 aromatic heterocycles. The van der Waals surface area contributed by atoms with Crippen LogP contribution < -0.4 is 5.32 Å². The molecule has 2 rings (SSSR count). The highest BCUT2D eigenvalue weighted by Crippen LogP contribution is 2.20. The van der Waals surface area contributed by atoms with E-state index in [1.807, 2.05) is 30.9 Å². The van der Waals surface area contributed by atoms with Gasteiger partial charge in [0, 0.05) is 18.5 Å². The summed E-state index contributed by atoms with van der Waals surface area (Å²) < 4.78 is 1.82. The van der Waals surface area contributed by atoms with Gasteiger partial charge in [0.05, 0.1) is 17.6 Å². The number of fused-ring (bicyclic) bond motifs is 1. The minimum atomic E-state index is 0.416. The van der Waals surface area contributed by atoms with E-state index in [2.05, 4.69) is 35.0 Å². The van der Waals surface area contributed by atoms with E-state index in [1.165, 1.54) is 0 Å². The summed E-state index contributed by atoms with van der Waals surface area (Å²) in [4.78, 5) is 4.45. The van der Waals surface area contributed by atoms with Crippen LogP contribution in [0.1, 0.15) is 25.5 Å². The first-order valence-corrected chi connectivity index (χ1v) is 6.28. The second-order valence-electron chi connectivity index (χ2n) is 4.72. The predicted molar refractivity (Wildman–Crippen MR) is 75.8 cm³/mol. The van der Waals surface area contributed by atoms with Crippen LogP contribution in [0, 0.1) is 6.92 Å². The molecular formula is C14H20N4. The average molecular weight is 244 g/mol. The molecule has 18 heavy (non-hydrogen) atoms. The lowest BCUT2D eigenvalue weighted by Crippen LogP contribution is -2.14. The molecule has 4 nitrogen and oxygen atoms in total. The molecule has 2 heterocycles. The third-order valence-electron chi connectivity index (χ3n) is 3.08. The van der Waals surface area contributed by atoms with Crippen molar-refractivity contribution in [3.8, 4) is 0 Å². The maximum Gasteiger partial charge on any atom is 0.157 e. The molecule has 1 unspecified atom stereocenters. The first-order chi connectivity index (χ1) is 8.61. The second-order valence-corrected chi connectivity index (χ2v) is 4.72. The van der Waals surface area contributed by atoms with Crippen LogP contribution in [-0.4, -0.2) is 20.8 Å². The minimum Gasteiger partial charge on any atom is -0.381 e. The van der Waals surface area contributed by atoms with Gasteiger partial charge in [0.15, 0.2) is 5.65 Å². The van der Waals surface area contributed by atoms with Crippen molar-refractivity contribution in [3.63, 3.8) is 0 Å². The van der Waals surface area contributed by atoms with E-state index < -0.39 is 0 Å². The third kappa shape index (κ3) is 2.53. The lowest BCUT2D eigenvalue weighted by Gasteiger charge is -2.13. The number of allylic oxidation sites excluding steroid dienone is 1. The van der Waals surface area contributed by atoms with Gasteiger partial charge in [-0.05, 0) is 32.8 Å². The van der Waals surface area contributed by atoms with E-state index in [9.17, 15) is 0 Å². The van der Waals surface area contributed by atoms with Crippen LogP contribution in [0.15, 0.2) is 24.9 Å². The van der Waals surface area contributed by atoms with Gasteiger partial charge in [0.2, 0.25) is 0 Å². The van der Waals surface area contributed by atoms with E-state index in [0.29, 0.717) is 6.04 Å². The molecule has 0 radical (unpaired) electrons. The zero-order valence-corrected chi connectivity index (χ0v) is 11.3. The summed E-state index contributed by atoms with van der Waals surface area (Å²) >= 11 is 0. The highest BCUT2D eigenvalue weighted by molar-refractivity contribution is 5.81. The van der Waals surface area contributed by atoms with Crippen molar-refractivity contribution in [2.45, 2.75) is 32.7 Å². The Hall–Kier alpha value is -1.84. The summed E-state index contributed by atoms with van der Waals surface area (Å²) in [7, 11) is 1.92. The molecule has 0 aliphatic rings. The Bertz CT molecular complexity index is 556. The summed E-state index contributed by atoms with van der Waals surface area (Å²) in [5.74, 6) is 0.